The molecule has 0 fully saturated rings. The van der Waals surface area contributed by atoms with Crippen molar-refractivity contribution in [2.45, 2.75) is 19.5 Å². The topological polar surface area (TPSA) is 46.9 Å². The number of carbonyl (C=O) groups is 1. The second kappa shape index (κ2) is 5.46. The summed E-state index contributed by atoms with van der Waals surface area (Å²) < 4.78 is 2.76. The molecule has 1 amide bonds. The highest BCUT2D eigenvalue weighted by molar-refractivity contribution is 9.11. The number of hydrogen-bond donors (Lipinski definition) is 1. The van der Waals surface area contributed by atoms with Crippen molar-refractivity contribution in [3.8, 4) is 0 Å². The van der Waals surface area contributed by atoms with Crippen LogP contribution in [0.4, 0.5) is 0 Å². The van der Waals surface area contributed by atoms with Crippen molar-refractivity contribution in [3.63, 3.8) is 0 Å². The van der Waals surface area contributed by atoms with Crippen LogP contribution in [0.5, 0.6) is 0 Å². The predicted octanol–water partition coefficient (Wildman–Crippen LogP) is 2.53. The minimum Gasteiger partial charge on any atom is -0.347 e. The van der Waals surface area contributed by atoms with Crippen LogP contribution in [0.15, 0.2) is 34.4 Å². The van der Waals surface area contributed by atoms with Crippen LogP contribution in [-0.2, 0) is 6.54 Å². The lowest BCUT2D eigenvalue weighted by Gasteiger charge is -2.13. The lowest BCUT2D eigenvalue weighted by Crippen LogP contribution is -2.35. The van der Waals surface area contributed by atoms with Crippen molar-refractivity contribution in [3.05, 3.63) is 39.3 Å². The van der Waals surface area contributed by atoms with E-state index in [1.54, 1.807) is 10.9 Å². The average Bonchev–Trinajstić information content (AvgIpc) is 2.89. The van der Waals surface area contributed by atoms with Gasteiger partial charge in [-0.05, 0) is 41.1 Å². The van der Waals surface area contributed by atoms with Crippen LogP contribution >= 0.6 is 27.3 Å². The van der Waals surface area contributed by atoms with Gasteiger partial charge >= 0.3 is 0 Å². The molecule has 0 radical (unpaired) electrons. The van der Waals surface area contributed by atoms with Crippen LogP contribution in [0.2, 0.25) is 0 Å². The number of nitrogens with one attached hydrogen (secondary N) is 1. The number of amides is 1. The number of thiophene rings is 1. The fourth-order valence-electron chi connectivity index (χ4n) is 1.47. The Balaban J connectivity index is 1.90. The molecular weight excluding hydrogens is 302 g/mol. The molecule has 2 heterocycles. The SMILES string of the molecule is C[C@@H](Cn1cccn1)NC(=O)c1ccc(Br)s1. The van der Waals surface area contributed by atoms with Gasteiger partial charge in [0.2, 0.25) is 0 Å². The quantitative estimate of drug-likeness (QED) is 0.943. The third-order valence-electron chi connectivity index (χ3n) is 2.19. The zero-order valence-electron chi connectivity index (χ0n) is 9.26. The molecule has 2 rings (SSSR count). The third-order valence-corrected chi connectivity index (χ3v) is 3.82. The van der Waals surface area contributed by atoms with Gasteiger partial charge in [0.25, 0.3) is 5.91 Å². The molecule has 90 valence electrons. The Kier molecular flexibility index (Phi) is 3.96. The number of nitrogens with zero attached hydrogens (tertiary/aromatic N) is 2. The van der Waals surface area contributed by atoms with Crippen molar-refractivity contribution < 1.29 is 4.79 Å². The minimum absolute atomic E-state index is 0.0413. The van der Waals surface area contributed by atoms with E-state index in [-0.39, 0.29) is 11.9 Å². The van der Waals surface area contributed by atoms with Gasteiger partial charge in [0.05, 0.1) is 15.2 Å². The van der Waals surface area contributed by atoms with Crippen molar-refractivity contribution in [2.24, 2.45) is 0 Å². The summed E-state index contributed by atoms with van der Waals surface area (Å²) in [6, 6.07) is 5.59. The average molecular weight is 314 g/mol. The Morgan fingerprint density at radius 1 is 1.65 bits per heavy atom. The zero-order chi connectivity index (χ0) is 12.3. The Bertz CT molecular complexity index is 495. The predicted molar refractivity (Wildman–Crippen MR) is 71.2 cm³/mol. The first kappa shape index (κ1) is 12.3. The second-order valence-corrected chi connectivity index (χ2v) is 6.17. The van der Waals surface area contributed by atoms with Gasteiger partial charge in [0.15, 0.2) is 0 Å². The van der Waals surface area contributed by atoms with Gasteiger partial charge in [0, 0.05) is 18.4 Å². The summed E-state index contributed by atoms with van der Waals surface area (Å²) in [5.74, 6) is -0.0413. The number of carbonyl (C=O) groups excluding carboxylic acids is 1. The fraction of sp³-hybridized carbons (Fsp3) is 0.273. The Morgan fingerprint density at radius 2 is 2.47 bits per heavy atom. The van der Waals surface area contributed by atoms with Gasteiger partial charge in [-0.15, -0.1) is 11.3 Å². The molecule has 0 saturated carbocycles. The molecule has 2 aromatic heterocycles. The molecule has 0 aliphatic heterocycles. The Hall–Kier alpha value is -1.14. The van der Waals surface area contributed by atoms with Crippen molar-refractivity contribution in [2.75, 3.05) is 0 Å². The van der Waals surface area contributed by atoms with Crippen molar-refractivity contribution >= 4 is 33.2 Å². The smallest absolute Gasteiger partial charge is 0.261 e. The summed E-state index contributed by atoms with van der Waals surface area (Å²) in [5, 5.41) is 7.04. The van der Waals surface area contributed by atoms with E-state index in [0.29, 0.717) is 11.4 Å². The molecule has 0 saturated heterocycles. The number of hydrogen-bond acceptors (Lipinski definition) is 3. The maximum absolute atomic E-state index is 11.8. The third kappa shape index (κ3) is 3.41. The lowest BCUT2D eigenvalue weighted by molar-refractivity contribution is 0.0940. The normalized spacial score (nSPS) is 12.4. The monoisotopic (exact) mass is 313 g/mol. The highest BCUT2D eigenvalue weighted by Crippen LogP contribution is 2.21. The Labute approximate surface area is 112 Å². The molecule has 1 N–H and O–H groups in total. The highest BCUT2D eigenvalue weighted by Gasteiger charge is 2.12. The molecule has 0 spiro atoms. The van der Waals surface area contributed by atoms with Gasteiger partial charge in [-0.3, -0.25) is 9.48 Å². The molecule has 17 heavy (non-hydrogen) atoms. The molecule has 2 aromatic rings. The number of rotatable bonds is 4. The van der Waals surface area contributed by atoms with Crippen LogP contribution in [-0.4, -0.2) is 21.7 Å². The molecule has 0 aliphatic carbocycles. The summed E-state index contributed by atoms with van der Waals surface area (Å²) in [7, 11) is 0. The molecule has 0 aliphatic rings. The molecule has 0 aromatic carbocycles. The molecule has 0 unspecified atom stereocenters. The van der Waals surface area contributed by atoms with E-state index in [9.17, 15) is 4.79 Å². The van der Waals surface area contributed by atoms with Crippen molar-refractivity contribution in [1.82, 2.24) is 15.1 Å². The second-order valence-electron chi connectivity index (χ2n) is 3.71. The zero-order valence-corrected chi connectivity index (χ0v) is 11.7. The van der Waals surface area contributed by atoms with Gasteiger partial charge in [-0.25, -0.2) is 0 Å². The van der Waals surface area contributed by atoms with Crippen LogP contribution in [0.25, 0.3) is 0 Å². The van der Waals surface area contributed by atoms with Crippen LogP contribution in [0.1, 0.15) is 16.6 Å². The van der Waals surface area contributed by atoms with Gasteiger partial charge in [-0.2, -0.15) is 5.10 Å². The van der Waals surface area contributed by atoms with E-state index < -0.39 is 0 Å². The van der Waals surface area contributed by atoms with E-state index in [2.05, 4.69) is 26.3 Å². The maximum atomic E-state index is 11.8. The van der Waals surface area contributed by atoms with Gasteiger partial charge in [-0.1, -0.05) is 0 Å². The van der Waals surface area contributed by atoms with Crippen LogP contribution in [0.3, 0.4) is 0 Å². The van der Waals surface area contributed by atoms with E-state index in [4.69, 9.17) is 0 Å². The standard InChI is InChI=1S/C11H12BrN3OS/c1-8(7-15-6-2-5-13-15)14-11(16)9-3-4-10(12)17-9/h2-6,8H,7H2,1H3,(H,14,16)/t8-/m0/s1. The largest absolute Gasteiger partial charge is 0.347 e. The number of halogens is 1. The van der Waals surface area contributed by atoms with Gasteiger partial charge in [0.1, 0.15) is 0 Å². The van der Waals surface area contributed by atoms with E-state index in [0.717, 1.165) is 3.79 Å². The summed E-state index contributed by atoms with van der Waals surface area (Å²) in [5.41, 5.74) is 0. The summed E-state index contributed by atoms with van der Waals surface area (Å²) in [6.45, 7) is 2.63. The molecule has 0 bridgehead atoms. The van der Waals surface area contributed by atoms with Crippen molar-refractivity contribution in [1.29, 1.82) is 0 Å². The van der Waals surface area contributed by atoms with E-state index in [1.165, 1.54) is 11.3 Å². The van der Waals surface area contributed by atoms with Gasteiger partial charge < -0.3 is 5.32 Å². The molecular formula is C11H12BrN3OS. The van der Waals surface area contributed by atoms with E-state index >= 15 is 0 Å². The lowest BCUT2D eigenvalue weighted by atomic mass is 10.3. The number of aromatic nitrogens is 2. The maximum Gasteiger partial charge on any atom is 0.261 e. The summed E-state index contributed by atoms with van der Waals surface area (Å²) >= 11 is 4.77. The first-order chi connectivity index (χ1) is 8.15. The van der Waals surface area contributed by atoms with E-state index in [1.807, 2.05) is 31.3 Å². The van der Waals surface area contributed by atoms with Crippen LogP contribution < -0.4 is 5.32 Å². The Morgan fingerprint density at radius 3 is 3.06 bits per heavy atom. The fourth-order valence-corrected chi connectivity index (χ4v) is 2.76. The minimum atomic E-state index is -0.0413. The van der Waals surface area contributed by atoms with Crippen LogP contribution in [0, 0.1) is 0 Å². The molecule has 1 atom stereocenters. The molecule has 6 heteroatoms. The molecule has 4 nitrogen and oxygen atoms in total. The first-order valence-electron chi connectivity index (χ1n) is 5.19. The highest BCUT2D eigenvalue weighted by atomic mass is 79.9. The summed E-state index contributed by atoms with van der Waals surface area (Å²) in [4.78, 5) is 12.6. The summed E-state index contributed by atoms with van der Waals surface area (Å²) in [6.07, 6.45) is 3.61. The first-order valence-corrected chi connectivity index (χ1v) is 6.80.